The van der Waals surface area contributed by atoms with Crippen LogP contribution < -0.4 is 10.1 Å². The highest BCUT2D eigenvalue weighted by Gasteiger charge is 2.21. The van der Waals surface area contributed by atoms with Gasteiger partial charge in [-0.1, -0.05) is 18.2 Å². The standard InChI is InChI=1S/C13H12N6O/c1-2-4-11-9(3-1)10(5-6-20-11)15-12-7-14-8-13-16-17-18-19(12)13/h1-4,7-8,10,15H,5-6H2. The van der Waals surface area contributed by atoms with Crippen LogP contribution in [0.4, 0.5) is 5.82 Å². The lowest BCUT2D eigenvalue weighted by molar-refractivity contribution is 0.274. The molecular formula is C13H12N6O. The maximum atomic E-state index is 5.66. The van der Waals surface area contributed by atoms with Crippen LogP contribution in [0.25, 0.3) is 5.65 Å². The van der Waals surface area contributed by atoms with Crippen LogP contribution in [-0.4, -0.2) is 31.6 Å². The fourth-order valence-corrected chi connectivity index (χ4v) is 2.44. The van der Waals surface area contributed by atoms with Crippen molar-refractivity contribution in [3.8, 4) is 5.75 Å². The Balaban J connectivity index is 1.72. The molecule has 7 nitrogen and oxygen atoms in total. The second-order valence-corrected chi connectivity index (χ2v) is 4.61. The molecule has 4 rings (SSSR count). The van der Waals surface area contributed by atoms with Gasteiger partial charge < -0.3 is 10.1 Å². The number of para-hydroxylation sites is 1. The minimum atomic E-state index is 0.163. The fraction of sp³-hybridized carbons (Fsp3) is 0.231. The zero-order chi connectivity index (χ0) is 13.4. The highest BCUT2D eigenvalue weighted by atomic mass is 16.5. The second kappa shape index (κ2) is 4.44. The van der Waals surface area contributed by atoms with E-state index in [-0.39, 0.29) is 6.04 Å². The van der Waals surface area contributed by atoms with E-state index < -0.39 is 0 Å². The van der Waals surface area contributed by atoms with Crippen molar-refractivity contribution in [3.05, 3.63) is 42.2 Å². The first-order valence-corrected chi connectivity index (χ1v) is 6.42. The quantitative estimate of drug-likeness (QED) is 0.758. The summed E-state index contributed by atoms with van der Waals surface area (Å²) in [6.45, 7) is 0.688. The highest BCUT2D eigenvalue weighted by Crippen LogP contribution is 2.33. The first-order valence-electron chi connectivity index (χ1n) is 6.42. The van der Waals surface area contributed by atoms with Crippen molar-refractivity contribution < 1.29 is 4.74 Å². The predicted molar refractivity (Wildman–Crippen MR) is 71.5 cm³/mol. The fourth-order valence-electron chi connectivity index (χ4n) is 2.44. The van der Waals surface area contributed by atoms with Gasteiger partial charge in [0.25, 0.3) is 0 Å². The van der Waals surface area contributed by atoms with Gasteiger partial charge in [0.1, 0.15) is 5.75 Å². The molecule has 0 amide bonds. The molecule has 0 aliphatic carbocycles. The van der Waals surface area contributed by atoms with E-state index in [9.17, 15) is 0 Å². The van der Waals surface area contributed by atoms with E-state index >= 15 is 0 Å². The van der Waals surface area contributed by atoms with Gasteiger partial charge in [0.15, 0.2) is 11.5 Å². The number of nitrogens with zero attached hydrogens (tertiary/aromatic N) is 5. The lowest BCUT2D eigenvalue weighted by Crippen LogP contribution is -2.21. The topological polar surface area (TPSA) is 77.2 Å². The van der Waals surface area contributed by atoms with Crippen LogP contribution in [-0.2, 0) is 0 Å². The molecule has 0 bridgehead atoms. The van der Waals surface area contributed by atoms with E-state index in [0.29, 0.717) is 12.3 Å². The van der Waals surface area contributed by atoms with Gasteiger partial charge in [0.05, 0.1) is 25.0 Å². The van der Waals surface area contributed by atoms with Crippen LogP contribution >= 0.6 is 0 Å². The first-order chi connectivity index (χ1) is 9.92. The van der Waals surface area contributed by atoms with Crippen LogP contribution in [0.15, 0.2) is 36.7 Å². The normalized spacial score (nSPS) is 17.5. The number of rotatable bonds is 2. The van der Waals surface area contributed by atoms with Crippen molar-refractivity contribution in [3.63, 3.8) is 0 Å². The van der Waals surface area contributed by atoms with Crippen LogP contribution in [0, 0.1) is 0 Å². The molecule has 20 heavy (non-hydrogen) atoms. The van der Waals surface area contributed by atoms with E-state index in [1.54, 1.807) is 16.9 Å². The Hall–Kier alpha value is -2.70. The van der Waals surface area contributed by atoms with Crippen molar-refractivity contribution in [2.75, 3.05) is 11.9 Å². The van der Waals surface area contributed by atoms with E-state index in [2.05, 4.69) is 31.9 Å². The largest absolute Gasteiger partial charge is 0.493 e. The van der Waals surface area contributed by atoms with Crippen LogP contribution in [0.1, 0.15) is 18.0 Å². The summed E-state index contributed by atoms with van der Waals surface area (Å²) in [7, 11) is 0. The van der Waals surface area contributed by atoms with Gasteiger partial charge >= 0.3 is 0 Å². The Kier molecular flexibility index (Phi) is 2.48. The van der Waals surface area contributed by atoms with Crippen molar-refractivity contribution in [2.24, 2.45) is 0 Å². The second-order valence-electron chi connectivity index (χ2n) is 4.61. The van der Waals surface area contributed by atoms with Crippen LogP contribution in [0.3, 0.4) is 0 Å². The molecule has 1 N–H and O–H groups in total. The maximum absolute atomic E-state index is 5.66. The molecule has 1 aliphatic heterocycles. The molecule has 1 atom stereocenters. The molecule has 0 spiro atoms. The van der Waals surface area contributed by atoms with Gasteiger partial charge in [0.2, 0.25) is 0 Å². The zero-order valence-corrected chi connectivity index (χ0v) is 10.6. The first kappa shape index (κ1) is 11.2. The van der Waals surface area contributed by atoms with E-state index in [4.69, 9.17) is 4.74 Å². The minimum Gasteiger partial charge on any atom is -0.493 e. The number of ether oxygens (including phenoxy) is 1. The number of anilines is 1. The third-order valence-electron chi connectivity index (χ3n) is 3.39. The number of benzene rings is 1. The van der Waals surface area contributed by atoms with Crippen molar-refractivity contribution >= 4 is 11.5 Å². The summed E-state index contributed by atoms with van der Waals surface area (Å²) in [5.41, 5.74) is 1.76. The van der Waals surface area contributed by atoms with E-state index in [1.807, 2.05) is 18.2 Å². The molecule has 7 heteroatoms. The molecule has 1 aromatic carbocycles. The molecule has 1 unspecified atom stereocenters. The highest BCUT2D eigenvalue weighted by molar-refractivity contribution is 5.48. The number of fused-ring (bicyclic) bond motifs is 2. The molecule has 0 saturated carbocycles. The van der Waals surface area contributed by atoms with Gasteiger partial charge in [-0.3, -0.25) is 4.98 Å². The SMILES string of the molecule is c1ccc2c(c1)OCCC2Nc1cncc2nnnn12. The number of nitrogens with one attached hydrogen (secondary N) is 1. The Morgan fingerprint density at radius 3 is 3.20 bits per heavy atom. The summed E-state index contributed by atoms with van der Waals surface area (Å²) in [6.07, 6.45) is 4.24. The van der Waals surface area contributed by atoms with Gasteiger partial charge in [-0.15, -0.1) is 5.10 Å². The zero-order valence-electron chi connectivity index (χ0n) is 10.6. The molecule has 2 aromatic heterocycles. The van der Waals surface area contributed by atoms with Crippen LogP contribution in [0.5, 0.6) is 5.75 Å². The smallest absolute Gasteiger partial charge is 0.199 e. The van der Waals surface area contributed by atoms with E-state index in [1.165, 1.54) is 0 Å². The molecule has 0 saturated heterocycles. The number of hydrogen-bond acceptors (Lipinski definition) is 6. The summed E-state index contributed by atoms with van der Waals surface area (Å²) >= 11 is 0. The average Bonchev–Trinajstić information content (AvgIpc) is 2.97. The van der Waals surface area contributed by atoms with Gasteiger partial charge in [0, 0.05) is 12.0 Å². The summed E-state index contributed by atoms with van der Waals surface area (Å²) in [4.78, 5) is 4.15. The monoisotopic (exact) mass is 268 g/mol. The van der Waals surface area contributed by atoms with E-state index in [0.717, 1.165) is 23.6 Å². The molecule has 100 valence electrons. The summed E-state index contributed by atoms with van der Waals surface area (Å²) in [5, 5.41) is 15.0. The van der Waals surface area contributed by atoms with Crippen LogP contribution in [0.2, 0.25) is 0 Å². The third-order valence-corrected chi connectivity index (χ3v) is 3.39. The van der Waals surface area contributed by atoms with Crippen molar-refractivity contribution in [1.29, 1.82) is 0 Å². The van der Waals surface area contributed by atoms with Gasteiger partial charge in [-0.2, -0.15) is 4.52 Å². The predicted octanol–water partition coefficient (Wildman–Crippen LogP) is 1.45. The summed E-state index contributed by atoms with van der Waals surface area (Å²) < 4.78 is 7.31. The average molecular weight is 268 g/mol. The Morgan fingerprint density at radius 2 is 2.20 bits per heavy atom. The number of aromatic nitrogens is 5. The molecule has 0 radical (unpaired) electrons. The molecule has 3 heterocycles. The Morgan fingerprint density at radius 1 is 1.25 bits per heavy atom. The van der Waals surface area contributed by atoms with Crippen molar-refractivity contribution in [2.45, 2.75) is 12.5 Å². The third kappa shape index (κ3) is 1.75. The molecule has 0 fully saturated rings. The molecule has 1 aliphatic rings. The minimum absolute atomic E-state index is 0.163. The van der Waals surface area contributed by atoms with Gasteiger partial charge in [-0.25, -0.2) is 0 Å². The summed E-state index contributed by atoms with van der Waals surface area (Å²) in [6, 6.07) is 8.21. The molecule has 3 aromatic rings. The lowest BCUT2D eigenvalue weighted by Gasteiger charge is -2.27. The lowest BCUT2D eigenvalue weighted by atomic mass is 10.0. The van der Waals surface area contributed by atoms with Crippen molar-refractivity contribution in [1.82, 2.24) is 25.0 Å². The summed E-state index contributed by atoms with van der Waals surface area (Å²) in [5.74, 6) is 1.70. The van der Waals surface area contributed by atoms with Gasteiger partial charge in [-0.05, 0) is 16.5 Å². The number of hydrogen-bond donors (Lipinski definition) is 1. The Bertz CT molecular complexity index is 755. The number of tetrazole rings is 1. The molecular weight excluding hydrogens is 256 g/mol. The maximum Gasteiger partial charge on any atom is 0.199 e. The Labute approximate surface area is 114 Å².